The van der Waals surface area contributed by atoms with Crippen molar-refractivity contribution in [3.63, 3.8) is 0 Å². The van der Waals surface area contributed by atoms with Crippen LogP contribution in [0.1, 0.15) is 12.0 Å². The summed E-state index contributed by atoms with van der Waals surface area (Å²) in [4.78, 5) is 29.6. The molecule has 6 nitrogen and oxygen atoms in total. The van der Waals surface area contributed by atoms with Crippen molar-refractivity contribution in [1.82, 2.24) is 4.90 Å². The Labute approximate surface area is 180 Å². The van der Waals surface area contributed by atoms with E-state index in [1.807, 2.05) is 30.3 Å². The van der Waals surface area contributed by atoms with Gasteiger partial charge in [-0.3, -0.25) is 9.69 Å². The molecule has 10 heteroatoms. The van der Waals surface area contributed by atoms with Crippen LogP contribution in [0.4, 0.5) is 14.5 Å². The molecule has 0 aliphatic carbocycles. The lowest BCUT2D eigenvalue weighted by atomic mass is 10.1. The third-order valence-corrected chi connectivity index (χ3v) is 5.41. The van der Waals surface area contributed by atoms with Gasteiger partial charge in [0.25, 0.3) is 0 Å². The van der Waals surface area contributed by atoms with E-state index >= 15 is 0 Å². The number of rotatable bonds is 7. The smallest absolute Gasteiger partial charge is 0.487 e. The van der Waals surface area contributed by atoms with Crippen LogP contribution in [0.25, 0.3) is 0 Å². The van der Waals surface area contributed by atoms with Crippen molar-refractivity contribution in [2.24, 2.45) is 4.99 Å². The number of halogens is 3. The number of aliphatic carboxylic acids is 1. The van der Waals surface area contributed by atoms with Gasteiger partial charge in [0.15, 0.2) is 5.17 Å². The molecule has 1 amide bonds. The summed E-state index contributed by atoms with van der Waals surface area (Å²) in [7, 11) is 0. The monoisotopic (exact) mass is 453 g/mol. The molecule has 0 bridgehead atoms. The predicted molar refractivity (Wildman–Crippen MR) is 108 cm³/mol. The van der Waals surface area contributed by atoms with Gasteiger partial charge in [0.1, 0.15) is 5.75 Å². The summed E-state index contributed by atoms with van der Waals surface area (Å²) < 4.78 is 29.7. The van der Waals surface area contributed by atoms with Crippen molar-refractivity contribution in [2.75, 3.05) is 6.54 Å². The fraction of sp³-hybridized carbons (Fsp3) is 0.250. The van der Waals surface area contributed by atoms with Crippen molar-refractivity contribution in [3.8, 4) is 5.75 Å². The quantitative estimate of drug-likeness (QED) is 0.601. The minimum atomic E-state index is -3.84. The first-order valence-electron chi connectivity index (χ1n) is 8.87. The molecule has 0 radical (unpaired) electrons. The third-order valence-electron chi connectivity index (χ3n) is 4.16. The van der Waals surface area contributed by atoms with Gasteiger partial charge in [-0.15, -0.1) is 8.78 Å². The van der Waals surface area contributed by atoms with Gasteiger partial charge < -0.3 is 14.6 Å². The SMILES string of the molecule is O=C([O-])[C@H]1CC(=O)N(CCc2ccccc2)C(=Nc2ccc(OC(F)(F)Cl)cc2)S1. The second-order valence-electron chi connectivity index (χ2n) is 6.35. The van der Waals surface area contributed by atoms with Crippen molar-refractivity contribution in [1.29, 1.82) is 0 Å². The molecule has 158 valence electrons. The zero-order valence-corrected chi connectivity index (χ0v) is 17.0. The first-order chi connectivity index (χ1) is 14.2. The van der Waals surface area contributed by atoms with E-state index in [1.165, 1.54) is 29.2 Å². The van der Waals surface area contributed by atoms with Gasteiger partial charge in [0.05, 0.1) is 16.9 Å². The largest absolute Gasteiger partial charge is 0.549 e. The molecule has 3 rings (SSSR count). The molecule has 30 heavy (non-hydrogen) atoms. The molecular weight excluding hydrogens is 438 g/mol. The Morgan fingerprint density at radius 3 is 2.50 bits per heavy atom. The number of benzene rings is 2. The summed E-state index contributed by atoms with van der Waals surface area (Å²) >= 11 is 5.65. The maximum Gasteiger partial charge on any atom is 0.487 e. The second kappa shape index (κ2) is 9.44. The highest BCUT2D eigenvalue weighted by Crippen LogP contribution is 2.31. The molecular formula is C20H16ClF2N2O4S-. The number of alkyl halides is 3. The molecule has 0 spiro atoms. The maximum absolute atomic E-state index is 12.7. The van der Waals surface area contributed by atoms with Gasteiger partial charge in [-0.05, 0) is 36.2 Å². The highest BCUT2D eigenvalue weighted by molar-refractivity contribution is 8.15. The number of carbonyl (C=O) groups is 2. The van der Waals surface area contributed by atoms with E-state index in [1.54, 1.807) is 0 Å². The fourth-order valence-corrected chi connectivity index (χ4v) is 3.91. The number of hydrogen-bond donors (Lipinski definition) is 0. The standard InChI is InChI=1S/C20H17ClF2N2O4S/c21-20(22,23)29-15-8-6-14(7-9-15)24-19-25(11-10-13-4-2-1-3-5-13)17(26)12-16(30-19)18(27)28/h1-9,16H,10-12H2,(H,27,28)/p-1/t16-/m1/s1. The molecule has 1 fully saturated rings. The molecule has 0 saturated carbocycles. The van der Waals surface area contributed by atoms with Crippen LogP contribution in [0.2, 0.25) is 0 Å². The Morgan fingerprint density at radius 2 is 1.90 bits per heavy atom. The number of amides is 1. The highest BCUT2D eigenvalue weighted by atomic mass is 35.5. The number of carbonyl (C=O) groups excluding carboxylic acids is 2. The van der Waals surface area contributed by atoms with E-state index in [0.717, 1.165) is 17.3 Å². The fourth-order valence-electron chi connectivity index (χ4n) is 2.76. The lowest BCUT2D eigenvalue weighted by Gasteiger charge is -2.32. The number of hydrogen-bond acceptors (Lipinski definition) is 6. The van der Waals surface area contributed by atoms with Crippen LogP contribution < -0.4 is 9.84 Å². The van der Waals surface area contributed by atoms with Gasteiger partial charge in [-0.1, -0.05) is 42.1 Å². The summed E-state index contributed by atoms with van der Waals surface area (Å²) in [6.07, 6.45) is 0.359. The molecule has 1 heterocycles. The van der Waals surface area contributed by atoms with Gasteiger partial charge in [0.2, 0.25) is 5.91 Å². The van der Waals surface area contributed by atoms with Gasteiger partial charge >= 0.3 is 5.57 Å². The van der Waals surface area contributed by atoms with Crippen LogP contribution in [-0.2, 0) is 16.0 Å². The second-order valence-corrected chi connectivity index (χ2v) is 7.96. The minimum absolute atomic E-state index is 0.167. The van der Waals surface area contributed by atoms with Crippen LogP contribution >= 0.6 is 23.4 Å². The Bertz CT molecular complexity index is 936. The minimum Gasteiger partial charge on any atom is -0.549 e. The summed E-state index contributed by atoms with van der Waals surface area (Å²) in [6, 6.07) is 14.8. The molecule has 2 aromatic carbocycles. The highest BCUT2D eigenvalue weighted by Gasteiger charge is 2.32. The Hall–Kier alpha value is -2.65. The molecule has 1 aliphatic rings. The Kier molecular flexibility index (Phi) is 6.94. The van der Waals surface area contributed by atoms with E-state index < -0.39 is 16.8 Å². The number of carboxylic acids is 1. The first-order valence-corrected chi connectivity index (χ1v) is 10.1. The Morgan fingerprint density at radius 1 is 1.23 bits per heavy atom. The van der Waals surface area contributed by atoms with Crippen LogP contribution in [0.3, 0.4) is 0 Å². The topological polar surface area (TPSA) is 82.0 Å². The van der Waals surface area contributed by atoms with E-state index in [4.69, 9.17) is 11.6 Å². The average molecular weight is 454 g/mol. The molecule has 0 unspecified atom stereocenters. The molecule has 2 aromatic rings. The van der Waals surface area contributed by atoms with Crippen molar-refractivity contribution in [3.05, 3.63) is 60.2 Å². The first kappa shape index (κ1) is 22.0. The van der Waals surface area contributed by atoms with E-state index in [0.29, 0.717) is 18.7 Å². The average Bonchev–Trinajstić information content (AvgIpc) is 2.68. The number of nitrogens with zero attached hydrogens (tertiary/aromatic N) is 2. The van der Waals surface area contributed by atoms with Crippen LogP contribution in [0, 0.1) is 0 Å². The molecule has 1 atom stereocenters. The van der Waals surface area contributed by atoms with Crippen LogP contribution in [0.5, 0.6) is 5.75 Å². The molecule has 0 aromatic heterocycles. The van der Waals surface area contributed by atoms with Crippen molar-refractivity contribution < 1.29 is 28.2 Å². The Balaban J connectivity index is 1.81. The van der Waals surface area contributed by atoms with E-state index in [-0.39, 0.29) is 23.2 Å². The number of thioether (sulfide) groups is 1. The van der Waals surface area contributed by atoms with Gasteiger partial charge in [-0.2, -0.15) is 0 Å². The van der Waals surface area contributed by atoms with Crippen molar-refractivity contribution >= 4 is 46.1 Å². The van der Waals surface area contributed by atoms with Crippen LogP contribution in [-0.4, -0.2) is 39.3 Å². The zero-order chi connectivity index (χ0) is 21.7. The summed E-state index contributed by atoms with van der Waals surface area (Å²) in [5.74, 6) is -1.89. The number of aliphatic imine (C=N–C) groups is 1. The number of amidine groups is 1. The van der Waals surface area contributed by atoms with Crippen molar-refractivity contribution in [2.45, 2.75) is 23.7 Å². The van der Waals surface area contributed by atoms with Gasteiger partial charge in [-0.25, -0.2) is 4.99 Å². The normalized spacial score (nSPS) is 18.5. The zero-order valence-electron chi connectivity index (χ0n) is 15.5. The van der Waals surface area contributed by atoms with E-state index in [9.17, 15) is 23.5 Å². The summed E-state index contributed by atoms with van der Waals surface area (Å²) in [5.41, 5.74) is -2.49. The predicted octanol–water partition coefficient (Wildman–Crippen LogP) is 3.17. The lowest BCUT2D eigenvalue weighted by molar-refractivity contribution is -0.304. The molecule has 1 aliphatic heterocycles. The number of ether oxygens (including phenoxy) is 1. The maximum atomic E-state index is 12.7. The summed E-state index contributed by atoms with van der Waals surface area (Å²) in [5, 5.41) is 10.5. The lowest BCUT2D eigenvalue weighted by Crippen LogP contribution is -2.48. The summed E-state index contributed by atoms with van der Waals surface area (Å²) in [6.45, 7) is 0.314. The molecule has 0 N–H and O–H groups in total. The van der Waals surface area contributed by atoms with Gasteiger partial charge in [0, 0.05) is 24.6 Å². The third kappa shape index (κ3) is 6.17. The van der Waals surface area contributed by atoms with Crippen LogP contribution in [0.15, 0.2) is 59.6 Å². The number of carboxylic acid groups (broad SMARTS) is 1. The molecule has 1 saturated heterocycles. The van der Waals surface area contributed by atoms with E-state index in [2.05, 4.69) is 9.73 Å².